The number of nitrogens with two attached hydrogens (primary N) is 1. The number of carbonyl (C=O) groups is 3. The Morgan fingerprint density at radius 1 is 1.38 bits per heavy atom. The molecule has 2 aliphatic heterocycles. The number of nitrogens with zero attached hydrogens (tertiary/aromatic N) is 3. The molecule has 12 heteroatoms. The fourth-order valence-corrected chi connectivity index (χ4v) is 4.95. The minimum atomic E-state index is -1.18. The van der Waals surface area contributed by atoms with Gasteiger partial charge in [0.25, 0.3) is 11.8 Å². The summed E-state index contributed by atoms with van der Waals surface area (Å²) in [4.78, 5) is 47.5. The van der Waals surface area contributed by atoms with E-state index in [1.54, 1.807) is 5.38 Å². The first-order valence-electron chi connectivity index (χ1n) is 9.51. The van der Waals surface area contributed by atoms with Crippen molar-refractivity contribution >= 4 is 51.7 Å². The minimum absolute atomic E-state index is 0.0770. The van der Waals surface area contributed by atoms with Crippen LogP contribution in [0.25, 0.3) is 0 Å². The Labute approximate surface area is 191 Å². The Kier molecular flexibility index (Phi) is 6.15. The molecule has 0 saturated carbocycles. The summed E-state index contributed by atoms with van der Waals surface area (Å²) in [6, 6.07) is 6.77. The topological polar surface area (TPSA) is 147 Å². The molecule has 0 spiro atoms. The van der Waals surface area contributed by atoms with Crippen LogP contribution in [0.15, 0.2) is 46.6 Å². The van der Waals surface area contributed by atoms with E-state index in [2.05, 4.69) is 15.5 Å². The maximum Gasteiger partial charge on any atom is 0.352 e. The third kappa shape index (κ3) is 4.32. The Hall–Kier alpha value is -3.38. The monoisotopic (exact) mass is 473 g/mol. The highest BCUT2D eigenvalue weighted by molar-refractivity contribution is 8.00. The van der Waals surface area contributed by atoms with Crippen LogP contribution in [0.2, 0.25) is 0 Å². The van der Waals surface area contributed by atoms with Crippen LogP contribution >= 0.6 is 23.1 Å². The molecule has 1 aromatic carbocycles. The van der Waals surface area contributed by atoms with Gasteiger partial charge in [0.05, 0.1) is 0 Å². The molecule has 2 amide bonds. The normalized spacial score (nSPS) is 20.2. The fourth-order valence-electron chi connectivity index (χ4n) is 3.20. The Balaban J connectivity index is 1.48. The number of amides is 2. The number of aryl methyl sites for hydroxylation is 1. The molecule has 0 bridgehead atoms. The van der Waals surface area contributed by atoms with Crippen molar-refractivity contribution < 1.29 is 24.3 Å². The molecule has 3 heterocycles. The lowest BCUT2D eigenvalue weighted by Gasteiger charge is -2.48. The van der Waals surface area contributed by atoms with Crippen molar-refractivity contribution in [3.63, 3.8) is 0 Å². The highest BCUT2D eigenvalue weighted by Crippen LogP contribution is 2.37. The van der Waals surface area contributed by atoms with Gasteiger partial charge < -0.3 is 21.0 Å². The molecule has 166 valence electrons. The number of benzene rings is 1. The molecule has 2 atom stereocenters. The van der Waals surface area contributed by atoms with Gasteiger partial charge in [-0.2, -0.15) is 0 Å². The smallest absolute Gasteiger partial charge is 0.352 e. The summed E-state index contributed by atoms with van der Waals surface area (Å²) < 4.78 is 0. The van der Waals surface area contributed by atoms with E-state index in [1.165, 1.54) is 22.7 Å². The summed E-state index contributed by atoms with van der Waals surface area (Å²) in [6.07, 6.45) is 1.48. The van der Waals surface area contributed by atoms with Gasteiger partial charge in [0.15, 0.2) is 10.8 Å². The summed E-state index contributed by atoms with van der Waals surface area (Å²) in [7, 11) is 0. The number of nitrogen functional groups attached to an aromatic ring is 1. The number of carboxylic acids is 1. The van der Waals surface area contributed by atoms with E-state index in [-0.39, 0.29) is 28.8 Å². The van der Waals surface area contributed by atoms with E-state index in [0.717, 1.165) is 22.5 Å². The summed E-state index contributed by atoms with van der Waals surface area (Å²) in [5.74, 6) is -1.92. The number of thioether (sulfide) groups is 1. The van der Waals surface area contributed by atoms with Crippen molar-refractivity contribution in [2.45, 2.75) is 24.9 Å². The average Bonchev–Trinajstić information content (AvgIpc) is 3.21. The van der Waals surface area contributed by atoms with Gasteiger partial charge in [-0.25, -0.2) is 9.78 Å². The van der Waals surface area contributed by atoms with Crippen molar-refractivity contribution in [3.05, 3.63) is 58.2 Å². The van der Waals surface area contributed by atoms with E-state index in [9.17, 15) is 19.5 Å². The third-order valence-electron chi connectivity index (χ3n) is 4.84. The Morgan fingerprint density at radius 2 is 2.12 bits per heavy atom. The number of fused-ring (bicyclic) bond motifs is 1. The Bertz CT molecular complexity index is 1130. The van der Waals surface area contributed by atoms with Crippen LogP contribution in [-0.4, -0.2) is 55.7 Å². The van der Waals surface area contributed by atoms with Crippen LogP contribution in [0.4, 0.5) is 5.13 Å². The van der Waals surface area contributed by atoms with E-state index in [4.69, 9.17) is 10.6 Å². The molecule has 1 unspecified atom stereocenters. The van der Waals surface area contributed by atoms with Gasteiger partial charge in [-0.05, 0) is 18.6 Å². The van der Waals surface area contributed by atoms with Crippen molar-refractivity contribution in [2.75, 3.05) is 11.5 Å². The second-order valence-electron chi connectivity index (χ2n) is 7.05. The van der Waals surface area contributed by atoms with Crippen molar-refractivity contribution in [3.8, 4) is 0 Å². The van der Waals surface area contributed by atoms with Crippen LogP contribution in [0.5, 0.6) is 0 Å². The van der Waals surface area contributed by atoms with Gasteiger partial charge in [0.2, 0.25) is 0 Å². The maximum atomic E-state index is 13.0. The van der Waals surface area contributed by atoms with E-state index in [1.807, 2.05) is 31.2 Å². The van der Waals surface area contributed by atoms with Crippen LogP contribution in [0, 0.1) is 6.92 Å². The first-order chi connectivity index (χ1) is 15.3. The number of anilines is 1. The first-order valence-corrected chi connectivity index (χ1v) is 11.4. The molecule has 2 aromatic rings. The lowest BCUT2D eigenvalue weighted by atomic mass is 10.0. The van der Waals surface area contributed by atoms with Crippen LogP contribution in [0.3, 0.4) is 0 Å². The van der Waals surface area contributed by atoms with Gasteiger partial charge in [-0.3, -0.25) is 14.5 Å². The molecule has 2 aliphatic rings. The molecule has 1 aromatic heterocycles. The number of hydrogen-bond donors (Lipinski definition) is 3. The zero-order chi connectivity index (χ0) is 22.8. The highest BCUT2D eigenvalue weighted by Gasteiger charge is 2.53. The molecule has 32 heavy (non-hydrogen) atoms. The number of aromatic nitrogens is 1. The van der Waals surface area contributed by atoms with Gasteiger partial charge in [0, 0.05) is 11.1 Å². The average molecular weight is 474 g/mol. The molecule has 0 aliphatic carbocycles. The van der Waals surface area contributed by atoms with Gasteiger partial charge in [0.1, 0.15) is 29.4 Å². The number of rotatable bonds is 7. The molecular weight excluding hydrogens is 454 g/mol. The van der Waals surface area contributed by atoms with Gasteiger partial charge in [-0.15, -0.1) is 23.1 Å². The summed E-state index contributed by atoms with van der Waals surface area (Å²) >= 11 is 2.50. The standard InChI is InChI=1S/C20H19N5O5S2/c1-10-2-4-11(5-3-10)8-30-24-14(12-9-32-20(21)22-12)16(26)23-15-17(27)25-13(19(28)29)6-7-31-18(15)25/h2-6,9,15,18H,7-8H2,1H3,(H2,21,22)(H,23,26)(H,28,29)/b24-14-/t15?,18-/m1/s1. The number of oxime groups is 1. The molecule has 4 rings (SSSR count). The SMILES string of the molecule is Cc1ccc(CO/N=C(\C(=O)NC2C(=O)N3C(C(=O)O)=CCS[C@H]23)c2csc(N)n2)cc1. The molecule has 10 nitrogen and oxygen atoms in total. The number of nitrogens with one attached hydrogen (secondary N) is 1. The zero-order valence-corrected chi connectivity index (χ0v) is 18.5. The summed E-state index contributed by atoms with van der Waals surface area (Å²) in [6.45, 7) is 2.11. The zero-order valence-electron chi connectivity index (χ0n) is 16.8. The minimum Gasteiger partial charge on any atom is -0.477 e. The van der Waals surface area contributed by atoms with Gasteiger partial charge >= 0.3 is 5.97 Å². The van der Waals surface area contributed by atoms with E-state index >= 15 is 0 Å². The van der Waals surface area contributed by atoms with Crippen molar-refractivity contribution in [1.82, 2.24) is 15.2 Å². The largest absolute Gasteiger partial charge is 0.477 e. The molecular formula is C20H19N5O5S2. The number of carbonyl (C=O) groups excluding carboxylic acids is 2. The lowest BCUT2D eigenvalue weighted by molar-refractivity contribution is -0.150. The second kappa shape index (κ2) is 9.01. The Morgan fingerprint density at radius 3 is 2.78 bits per heavy atom. The number of thiazole rings is 1. The predicted octanol–water partition coefficient (Wildman–Crippen LogP) is 1.32. The number of aliphatic carboxylic acids is 1. The number of hydrogen-bond acceptors (Lipinski definition) is 9. The summed E-state index contributed by atoms with van der Waals surface area (Å²) in [5, 5.41) is 17.2. The molecule has 0 radical (unpaired) electrons. The lowest BCUT2D eigenvalue weighted by Crippen LogP contribution is -2.70. The second-order valence-corrected chi connectivity index (χ2v) is 9.09. The quantitative estimate of drug-likeness (QED) is 0.310. The number of β-lactam (4-membered cyclic amide) rings is 1. The predicted molar refractivity (Wildman–Crippen MR) is 120 cm³/mol. The highest BCUT2D eigenvalue weighted by atomic mass is 32.2. The van der Waals surface area contributed by atoms with Crippen LogP contribution in [-0.2, 0) is 25.8 Å². The van der Waals surface area contributed by atoms with Crippen LogP contribution in [0.1, 0.15) is 16.8 Å². The van der Waals surface area contributed by atoms with E-state index < -0.39 is 29.2 Å². The van der Waals surface area contributed by atoms with Crippen molar-refractivity contribution in [2.24, 2.45) is 5.16 Å². The first kappa shape index (κ1) is 21.8. The molecule has 1 fully saturated rings. The fraction of sp³-hybridized carbons (Fsp3) is 0.250. The van der Waals surface area contributed by atoms with Gasteiger partial charge in [-0.1, -0.05) is 35.0 Å². The van der Waals surface area contributed by atoms with Crippen LogP contribution < -0.4 is 11.1 Å². The van der Waals surface area contributed by atoms with Crippen molar-refractivity contribution in [1.29, 1.82) is 0 Å². The molecule has 4 N–H and O–H groups in total. The molecule has 1 saturated heterocycles. The van der Waals surface area contributed by atoms with E-state index in [0.29, 0.717) is 5.75 Å². The third-order valence-corrected chi connectivity index (χ3v) is 6.70. The number of carboxylic acid groups (broad SMARTS) is 1. The summed E-state index contributed by atoms with van der Waals surface area (Å²) in [5.41, 5.74) is 7.70. The maximum absolute atomic E-state index is 13.0.